The smallest absolute Gasteiger partial charge is 0.277 e. The average Bonchev–Trinajstić information content (AvgIpc) is 3.21. The number of aromatic nitrogens is 1. The highest BCUT2D eigenvalue weighted by atomic mass is 19.2. The fourth-order valence-corrected chi connectivity index (χ4v) is 3.44. The SMILES string of the molecule is O=C(Nc1cccc(F)c1)c1coc(CN2CCN(Cc3ccc(F)c(F)c3)CC2)n1. The Balaban J connectivity index is 1.26. The summed E-state index contributed by atoms with van der Waals surface area (Å²) in [6.07, 6.45) is 1.28. The first-order chi connectivity index (χ1) is 15.0. The molecule has 1 aliphatic heterocycles. The molecule has 2 aromatic carbocycles. The minimum atomic E-state index is -0.844. The topological polar surface area (TPSA) is 61.6 Å². The van der Waals surface area contributed by atoms with Crippen LogP contribution in [0.15, 0.2) is 53.1 Å². The fraction of sp³-hybridized carbons (Fsp3) is 0.273. The number of oxazole rings is 1. The van der Waals surface area contributed by atoms with Crippen molar-refractivity contribution in [2.45, 2.75) is 13.1 Å². The number of carbonyl (C=O) groups excluding carboxylic acids is 1. The van der Waals surface area contributed by atoms with Gasteiger partial charge in [0, 0.05) is 38.4 Å². The lowest BCUT2D eigenvalue weighted by atomic mass is 10.2. The first-order valence-electron chi connectivity index (χ1n) is 9.86. The van der Waals surface area contributed by atoms with Gasteiger partial charge in [0.2, 0.25) is 5.89 Å². The molecule has 0 saturated carbocycles. The molecule has 3 aromatic rings. The van der Waals surface area contributed by atoms with Gasteiger partial charge in [-0.05, 0) is 35.9 Å². The van der Waals surface area contributed by atoms with Crippen LogP contribution in [0, 0.1) is 17.5 Å². The third-order valence-corrected chi connectivity index (χ3v) is 5.08. The van der Waals surface area contributed by atoms with Gasteiger partial charge in [0.05, 0.1) is 6.54 Å². The van der Waals surface area contributed by atoms with Gasteiger partial charge in [-0.1, -0.05) is 12.1 Å². The number of halogens is 3. The molecule has 1 N–H and O–H groups in total. The predicted octanol–water partition coefficient (Wildman–Crippen LogP) is 3.66. The van der Waals surface area contributed by atoms with Gasteiger partial charge in [-0.3, -0.25) is 14.6 Å². The highest BCUT2D eigenvalue weighted by Crippen LogP contribution is 2.15. The van der Waals surface area contributed by atoms with Crippen molar-refractivity contribution in [2.75, 3.05) is 31.5 Å². The third-order valence-electron chi connectivity index (χ3n) is 5.08. The van der Waals surface area contributed by atoms with Crippen molar-refractivity contribution in [1.29, 1.82) is 0 Å². The summed E-state index contributed by atoms with van der Waals surface area (Å²) >= 11 is 0. The van der Waals surface area contributed by atoms with Crippen LogP contribution in [0.5, 0.6) is 0 Å². The molecule has 1 aromatic heterocycles. The van der Waals surface area contributed by atoms with Crippen LogP contribution in [0.4, 0.5) is 18.9 Å². The van der Waals surface area contributed by atoms with E-state index in [1.807, 2.05) is 0 Å². The number of rotatable bonds is 6. The van der Waals surface area contributed by atoms with Gasteiger partial charge in [0.25, 0.3) is 5.91 Å². The molecule has 9 heteroatoms. The second kappa shape index (κ2) is 9.32. The van der Waals surface area contributed by atoms with Gasteiger partial charge in [-0.2, -0.15) is 0 Å². The number of nitrogens with one attached hydrogen (secondary N) is 1. The van der Waals surface area contributed by atoms with Crippen molar-refractivity contribution in [3.63, 3.8) is 0 Å². The zero-order valence-corrected chi connectivity index (χ0v) is 16.7. The Morgan fingerprint density at radius 1 is 0.968 bits per heavy atom. The highest BCUT2D eigenvalue weighted by Gasteiger charge is 2.20. The number of anilines is 1. The second-order valence-electron chi connectivity index (χ2n) is 7.39. The van der Waals surface area contributed by atoms with E-state index < -0.39 is 23.4 Å². The molecule has 0 unspecified atom stereocenters. The van der Waals surface area contributed by atoms with Gasteiger partial charge < -0.3 is 9.73 Å². The van der Waals surface area contributed by atoms with Gasteiger partial charge in [0.15, 0.2) is 17.3 Å². The van der Waals surface area contributed by atoms with Crippen molar-refractivity contribution in [1.82, 2.24) is 14.8 Å². The Kier molecular flexibility index (Phi) is 6.34. The molecular weight excluding hydrogens is 409 g/mol. The molecule has 6 nitrogen and oxygen atoms in total. The van der Waals surface area contributed by atoms with Gasteiger partial charge in [-0.25, -0.2) is 18.2 Å². The van der Waals surface area contributed by atoms with Crippen LogP contribution in [0.25, 0.3) is 0 Å². The molecule has 1 aliphatic rings. The number of hydrogen-bond acceptors (Lipinski definition) is 5. The minimum absolute atomic E-state index is 0.122. The van der Waals surface area contributed by atoms with E-state index in [9.17, 15) is 18.0 Å². The lowest BCUT2D eigenvalue weighted by Crippen LogP contribution is -2.45. The summed E-state index contributed by atoms with van der Waals surface area (Å²) in [5, 5.41) is 2.58. The first kappa shape index (κ1) is 21.1. The number of nitrogens with zero attached hydrogens (tertiary/aromatic N) is 3. The van der Waals surface area contributed by atoms with Crippen molar-refractivity contribution in [2.24, 2.45) is 0 Å². The Hall–Kier alpha value is -3.17. The maximum Gasteiger partial charge on any atom is 0.277 e. The number of hydrogen-bond donors (Lipinski definition) is 1. The van der Waals surface area contributed by atoms with E-state index in [1.165, 1.54) is 30.5 Å². The summed E-state index contributed by atoms with van der Waals surface area (Å²) in [4.78, 5) is 20.8. The summed E-state index contributed by atoms with van der Waals surface area (Å²) < 4.78 is 45.1. The molecule has 0 radical (unpaired) electrons. The number of piperazine rings is 1. The average molecular weight is 430 g/mol. The van der Waals surface area contributed by atoms with Crippen LogP contribution in [0.2, 0.25) is 0 Å². The number of benzene rings is 2. The molecule has 1 saturated heterocycles. The van der Waals surface area contributed by atoms with Crippen LogP contribution in [-0.4, -0.2) is 46.9 Å². The van der Waals surface area contributed by atoms with Gasteiger partial charge in [-0.15, -0.1) is 0 Å². The third kappa shape index (κ3) is 5.50. The molecular formula is C22H21F3N4O2. The molecule has 162 valence electrons. The van der Waals surface area contributed by atoms with E-state index in [0.717, 1.165) is 37.8 Å². The first-order valence-corrected chi connectivity index (χ1v) is 9.86. The predicted molar refractivity (Wildman–Crippen MR) is 108 cm³/mol. The Morgan fingerprint density at radius 2 is 1.71 bits per heavy atom. The van der Waals surface area contributed by atoms with E-state index in [2.05, 4.69) is 20.1 Å². The molecule has 4 rings (SSSR count). The maximum absolute atomic E-state index is 13.4. The van der Waals surface area contributed by atoms with Crippen LogP contribution in [0.1, 0.15) is 21.9 Å². The van der Waals surface area contributed by atoms with Crippen molar-refractivity contribution < 1.29 is 22.4 Å². The molecule has 31 heavy (non-hydrogen) atoms. The van der Waals surface area contributed by atoms with Crippen molar-refractivity contribution >= 4 is 11.6 Å². The van der Waals surface area contributed by atoms with Gasteiger partial charge >= 0.3 is 0 Å². The summed E-state index contributed by atoms with van der Waals surface area (Å²) in [5.74, 6) is -2.18. The highest BCUT2D eigenvalue weighted by molar-refractivity contribution is 6.02. The van der Waals surface area contributed by atoms with E-state index in [0.29, 0.717) is 24.7 Å². The number of carbonyl (C=O) groups is 1. The van der Waals surface area contributed by atoms with Crippen molar-refractivity contribution in [3.8, 4) is 0 Å². The van der Waals surface area contributed by atoms with E-state index in [4.69, 9.17) is 4.42 Å². The minimum Gasteiger partial charge on any atom is -0.447 e. The monoisotopic (exact) mass is 430 g/mol. The molecule has 2 heterocycles. The summed E-state index contributed by atoms with van der Waals surface area (Å²) in [6, 6.07) is 9.57. The number of amides is 1. The largest absolute Gasteiger partial charge is 0.447 e. The molecule has 0 aliphatic carbocycles. The molecule has 0 atom stereocenters. The summed E-state index contributed by atoms with van der Waals surface area (Å²) in [6.45, 7) is 4.01. The summed E-state index contributed by atoms with van der Waals surface area (Å²) in [5.41, 5.74) is 1.19. The Morgan fingerprint density at radius 3 is 2.42 bits per heavy atom. The van der Waals surface area contributed by atoms with E-state index in [1.54, 1.807) is 12.1 Å². The van der Waals surface area contributed by atoms with E-state index >= 15 is 0 Å². The van der Waals surface area contributed by atoms with Crippen molar-refractivity contribution in [3.05, 3.63) is 83.3 Å². The normalized spacial score (nSPS) is 15.2. The fourth-order valence-electron chi connectivity index (χ4n) is 3.44. The summed E-state index contributed by atoms with van der Waals surface area (Å²) in [7, 11) is 0. The quantitative estimate of drug-likeness (QED) is 0.647. The van der Waals surface area contributed by atoms with E-state index in [-0.39, 0.29) is 5.69 Å². The van der Waals surface area contributed by atoms with Crippen LogP contribution >= 0.6 is 0 Å². The Labute approximate surface area is 177 Å². The molecule has 0 spiro atoms. The molecule has 0 bridgehead atoms. The molecule has 1 fully saturated rings. The lowest BCUT2D eigenvalue weighted by molar-refractivity contribution is 0.102. The van der Waals surface area contributed by atoms with Crippen LogP contribution < -0.4 is 5.32 Å². The zero-order valence-electron chi connectivity index (χ0n) is 16.7. The van der Waals surface area contributed by atoms with Gasteiger partial charge in [0.1, 0.15) is 12.1 Å². The zero-order chi connectivity index (χ0) is 21.8. The maximum atomic E-state index is 13.4. The van der Waals surface area contributed by atoms with Crippen LogP contribution in [0.3, 0.4) is 0 Å². The lowest BCUT2D eigenvalue weighted by Gasteiger charge is -2.34. The second-order valence-corrected chi connectivity index (χ2v) is 7.39. The Bertz CT molecular complexity index is 1060. The standard InChI is InChI=1S/C22H21F3N4O2/c23-16-2-1-3-17(11-16)26-22(30)20-14-31-21(27-20)13-29-8-6-28(7-9-29)12-15-4-5-18(24)19(25)10-15/h1-5,10-11,14H,6-9,12-13H2,(H,26,30). The molecule has 1 amide bonds. The van der Waals surface area contributed by atoms with Crippen LogP contribution in [-0.2, 0) is 13.1 Å².